The number of rotatable bonds is 4. The first-order chi connectivity index (χ1) is 11.3. The Morgan fingerprint density at radius 1 is 1.21 bits per heavy atom. The number of aliphatic imine (C=N–C) groups is 1. The van der Waals surface area contributed by atoms with E-state index in [1.165, 1.54) is 12.1 Å². The summed E-state index contributed by atoms with van der Waals surface area (Å²) >= 11 is 0. The number of amidine groups is 1. The van der Waals surface area contributed by atoms with Crippen molar-refractivity contribution in [1.82, 2.24) is 4.98 Å². The summed E-state index contributed by atoms with van der Waals surface area (Å²) < 4.78 is 64.5. The molecule has 2 rings (SSSR count). The van der Waals surface area contributed by atoms with Gasteiger partial charge < -0.3 is 11.1 Å². The van der Waals surface area contributed by atoms with Gasteiger partial charge in [-0.05, 0) is 18.2 Å². The number of alkyl halides is 3. The quantitative estimate of drug-likeness (QED) is 0.502. The highest BCUT2D eigenvalue weighted by atomic mass is 19.4. The Labute approximate surface area is 133 Å². The van der Waals surface area contributed by atoms with Gasteiger partial charge in [0, 0.05) is 12.3 Å². The van der Waals surface area contributed by atoms with Crippen LogP contribution in [0.25, 0.3) is 0 Å². The summed E-state index contributed by atoms with van der Waals surface area (Å²) in [4.78, 5) is 7.13. The van der Waals surface area contributed by atoms with Gasteiger partial charge in [-0.25, -0.2) is 18.8 Å². The van der Waals surface area contributed by atoms with Gasteiger partial charge in [0.2, 0.25) is 0 Å². The number of anilines is 1. The monoisotopic (exact) mass is 342 g/mol. The number of nitrogens with zero attached hydrogens (tertiary/aromatic N) is 2. The van der Waals surface area contributed by atoms with E-state index >= 15 is 0 Å². The Morgan fingerprint density at radius 2 is 1.92 bits per heavy atom. The number of benzene rings is 1. The molecule has 1 heterocycles. The van der Waals surface area contributed by atoms with E-state index in [0.717, 1.165) is 30.6 Å². The van der Waals surface area contributed by atoms with E-state index in [9.17, 15) is 22.0 Å². The van der Waals surface area contributed by atoms with E-state index < -0.39 is 23.4 Å². The molecule has 0 bridgehead atoms. The molecule has 0 unspecified atom stereocenters. The van der Waals surface area contributed by atoms with E-state index in [-0.39, 0.29) is 17.3 Å². The van der Waals surface area contributed by atoms with E-state index in [1.54, 1.807) is 0 Å². The van der Waals surface area contributed by atoms with Crippen LogP contribution < -0.4 is 11.1 Å². The lowest BCUT2D eigenvalue weighted by atomic mass is 10.2. The molecule has 126 valence electrons. The van der Waals surface area contributed by atoms with Crippen molar-refractivity contribution < 1.29 is 22.0 Å². The molecular weight excluding hydrogens is 331 g/mol. The number of para-hydroxylation sites is 1. The smallest absolute Gasteiger partial charge is 0.384 e. The van der Waals surface area contributed by atoms with E-state index in [2.05, 4.69) is 15.3 Å². The van der Waals surface area contributed by atoms with Gasteiger partial charge in [-0.2, -0.15) is 13.2 Å². The van der Waals surface area contributed by atoms with Crippen LogP contribution in [0.1, 0.15) is 5.56 Å². The van der Waals surface area contributed by atoms with Gasteiger partial charge in [0.25, 0.3) is 0 Å². The molecule has 0 saturated carbocycles. The Morgan fingerprint density at radius 3 is 2.58 bits per heavy atom. The van der Waals surface area contributed by atoms with Crippen LogP contribution in [0.2, 0.25) is 0 Å². The Kier molecular flexibility index (Phi) is 5.12. The lowest BCUT2D eigenvalue weighted by Crippen LogP contribution is -2.10. The zero-order valence-corrected chi connectivity index (χ0v) is 12.0. The van der Waals surface area contributed by atoms with Crippen molar-refractivity contribution in [3.63, 3.8) is 0 Å². The number of pyridine rings is 1. The van der Waals surface area contributed by atoms with Crippen LogP contribution >= 0.6 is 0 Å². The molecule has 0 amide bonds. The fraction of sp³-hybridized carbons (Fsp3) is 0.0667. The molecule has 0 aliphatic heterocycles. The zero-order chi connectivity index (χ0) is 17.7. The first-order valence-corrected chi connectivity index (χ1v) is 6.52. The third-order valence-corrected chi connectivity index (χ3v) is 2.74. The molecule has 0 atom stereocenters. The van der Waals surface area contributed by atoms with Crippen molar-refractivity contribution in [1.29, 1.82) is 0 Å². The van der Waals surface area contributed by atoms with Gasteiger partial charge in [-0.1, -0.05) is 12.1 Å². The normalized spacial score (nSPS) is 12.6. The summed E-state index contributed by atoms with van der Waals surface area (Å²) in [6.07, 6.45) is -1.52. The largest absolute Gasteiger partial charge is 0.418 e. The van der Waals surface area contributed by atoms with E-state index in [0.29, 0.717) is 6.07 Å². The minimum absolute atomic E-state index is 0.248. The van der Waals surface area contributed by atoms with E-state index in [1.807, 2.05) is 0 Å². The number of aromatic nitrogens is 1. The number of halogens is 5. The summed E-state index contributed by atoms with van der Waals surface area (Å²) in [5.41, 5.74) is 4.25. The van der Waals surface area contributed by atoms with Crippen LogP contribution in [0.3, 0.4) is 0 Å². The average Bonchev–Trinajstić information content (AvgIpc) is 2.49. The van der Waals surface area contributed by atoms with Gasteiger partial charge in [0.05, 0.1) is 17.4 Å². The van der Waals surface area contributed by atoms with Crippen molar-refractivity contribution in [3.05, 3.63) is 66.0 Å². The number of hydrogen-bond donors (Lipinski definition) is 2. The highest BCUT2D eigenvalue weighted by molar-refractivity contribution is 5.93. The zero-order valence-electron chi connectivity index (χ0n) is 12.0. The predicted molar refractivity (Wildman–Crippen MR) is 79.6 cm³/mol. The molecule has 2 aromatic rings. The van der Waals surface area contributed by atoms with Gasteiger partial charge in [0.1, 0.15) is 11.7 Å². The lowest BCUT2D eigenvalue weighted by Gasteiger charge is -2.09. The number of hydrogen-bond acceptors (Lipinski definition) is 3. The third-order valence-electron chi connectivity index (χ3n) is 2.74. The van der Waals surface area contributed by atoms with Crippen LogP contribution in [0.4, 0.5) is 33.5 Å². The van der Waals surface area contributed by atoms with Crippen molar-refractivity contribution in [3.8, 4) is 0 Å². The SMILES string of the molecule is NC(/C=C\Nc1ncc(F)cc1F)=Nc1ccccc1C(F)(F)F. The first-order valence-electron chi connectivity index (χ1n) is 6.52. The Hall–Kier alpha value is -2.97. The van der Waals surface area contributed by atoms with Crippen LogP contribution in [0.15, 0.2) is 53.8 Å². The Bertz CT molecular complexity index is 784. The second-order valence-corrected chi connectivity index (χ2v) is 4.51. The second-order valence-electron chi connectivity index (χ2n) is 4.51. The van der Waals surface area contributed by atoms with Gasteiger partial charge in [0.15, 0.2) is 11.6 Å². The number of nitrogens with two attached hydrogens (primary N) is 1. The van der Waals surface area contributed by atoms with Crippen LogP contribution in [0.5, 0.6) is 0 Å². The highest BCUT2D eigenvalue weighted by Crippen LogP contribution is 2.35. The molecule has 9 heteroatoms. The molecule has 0 spiro atoms. The topological polar surface area (TPSA) is 63.3 Å². The minimum Gasteiger partial charge on any atom is -0.384 e. The maximum absolute atomic E-state index is 13.3. The van der Waals surface area contributed by atoms with Crippen LogP contribution in [0, 0.1) is 11.6 Å². The molecule has 0 fully saturated rings. The fourth-order valence-corrected chi connectivity index (χ4v) is 1.71. The molecule has 1 aromatic carbocycles. The minimum atomic E-state index is -4.57. The molecular formula is C15H11F5N4. The molecule has 0 aliphatic rings. The van der Waals surface area contributed by atoms with Gasteiger partial charge in [-0.15, -0.1) is 0 Å². The van der Waals surface area contributed by atoms with Crippen molar-refractivity contribution in [2.24, 2.45) is 10.7 Å². The molecule has 4 nitrogen and oxygen atoms in total. The second kappa shape index (κ2) is 7.07. The summed E-state index contributed by atoms with van der Waals surface area (Å²) in [5, 5.41) is 2.39. The summed E-state index contributed by atoms with van der Waals surface area (Å²) in [6, 6.07) is 5.30. The fourth-order valence-electron chi connectivity index (χ4n) is 1.71. The Balaban J connectivity index is 2.15. The average molecular weight is 342 g/mol. The lowest BCUT2D eigenvalue weighted by molar-refractivity contribution is -0.137. The summed E-state index contributed by atoms with van der Waals surface area (Å²) in [5.74, 6) is -2.29. The summed E-state index contributed by atoms with van der Waals surface area (Å²) in [7, 11) is 0. The van der Waals surface area contributed by atoms with Crippen molar-refractivity contribution in [2.45, 2.75) is 6.18 Å². The van der Waals surface area contributed by atoms with Gasteiger partial charge >= 0.3 is 6.18 Å². The molecule has 0 saturated heterocycles. The van der Waals surface area contributed by atoms with E-state index in [4.69, 9.17) is 5.73 Å². The van der Waals surface area contributed by atoms with Crippen LogP contribution in [-0.2, 0) is 6.18 Å². The highest BCUT2D eigenvalue weighted by Gasteiger charge is 2.33. The summed E-state index contributed by atoms with van der Waals surface area (Å²) in [6.45, 7) is 0. The standard InChI is InChI=1S/C15H11F5N4/c16-9-7-11(17)14(23-8-9)22-6-5-13(21)24-12-4-2-1-3-10(12)15(18,19)20/h1-8H,(H2,21,24)(H,22,23)/b6-5-. The predicted octanol–water partition coefficient (Wildman–Crippen LogP) is 3.99. The maximum Gasteiger partial charge on any atom is 0.418 e. The maximum atomic E-state index is 13.3. The van der Waals surface area contributed by atoms with Crippen LogP contribution in [-0.4, -0.2) is 10.8 Å². The molecule has 0 radical (unpaired) electrons. The third kappa shape index (κ3) is 4.51. The first kappa shape index (κ1) is 17.4. The molecule has 0 aliphatic carbocycles. The van der Waals surface area contributed by atoms with Crippen molar-refractivity contribution in [2.75, 3.05) is 5.32 Å². The van der Waals surface area contributed by atoms with Gasteiger partial charge in [-0.3, -0.25) is 0 Å². The molecule has 3 N–H and O–H groups in total. The van der Waals surface area contributed by atoms with Crippen molar-refractivity contribution >= 4 is 17.3 Å². The molecule has 24 heavy (non-hydrogen) atoms. The number of nitrogens with one attached hydrogen (secondary N) is 1. The molecule has 1 aromatic heterocycles.